The van der Waals surface area contributed by atoms with Crippen molar-refractivity contribution in [1.29, 1.82) is 0 Å². The van der Waals surface area contributed by atoms with Crippen LogP contribution in [0.1, 0.15) is 52.9 Å². The van der Waals surface area contributed by atoms with Gasteiger partial charge in [-0.2, -0.15) is 27.0 Å². The van der Waals surface area contributed by atoms with Gasteiger partial charge in [0.05, 0.1) is 0 Å². The Balaban J connectivity index is -0.00000200. The number of Topliss-reactive ketones (excluding diaryl/α,β-unsaturated/α-hetero) is 1. The van der Waals surface area contributed by atoms with Gasteiger partial charge in [-0.25, -0.2) is 0 Å². The van der Waals surface area contributed by atoms with Gasteiger partial charge in [-0.3, -0.25) is 9.59 Å². The van der Waals surface area contributed by atoms with Crippen LogP contribution in [0.4, 0.5) is 0 Å². The summed E-state index contributed by atoms with van der Waals surface area (Å²) in [6.07, 6.45) is 2.79. The van der Waals surface area contributed by atoms with Crippen LogP contribution in [0.15, 0.2) is 0 Å². The Morgan fingerprint density at radius 2 is 1.65 bits per heavy atom. The van der Waals surface area contributed by atoms with Crippen molar-refractivity contribution in [1.82, 2.24) is 5.32 Å². The molecule has 5 N–H and O–H groups in total. The van der Waals surface area contributed by atoms with Gasteiger partial charge in [0.25, 0.3) is 0 Å². The number of unbranched alkanes of at least 4 members (excludes halogenated alkanes) is 1. The van der Waals surface area contributed by atoms with E-state index in [9.17, 15) is 14.4 Å². The van der Waals surface area contributed by atoms with Gasteiger partial charge in [0.15, 0.2) is 0 Å². The van der Waals surface area contributed by atoms with Crippen LogP contribution in [-0.2, 0) is 14.4 Å². The number of rotatable bonds is 11. The second kappa shape index (κ2) is 14.8. The zero-order valence-corrected chi connectivity index (χ0v) is 16.4. The molecular formula is C15H33N3O3S2. The minimum Gasteiger partial charge on any atom is -0.368 e. The highest BCUT2D eigenvalue weighted by Crippen LogP contribution is 2.17. The summed E-state index contributed by atoms with van der Waals surface area (Å²) in [5.74, 6) is -0.959. The molecule has 0 aliphatic carbocycles. The van der Waals surface area contributed by atoms with Crippen molar-refractivity contribution in [2.24, 2.45) is 23.3 Å². The molecule has 0 aliphatic heterocycles. The molecule has 0 saturated heterocycles. The molecule has 0 fully saturated rings. The van der Waals surface area contributed by atoms with Crippen LogP contribution < -0.4 is 16.8 Å². The zero-order chi connectivity index (χ0) is 16.4. The summed E-state index contributed by atoms with van der Waals surface area (Å²) in [5, 5.41) is 2.68. The van der Waals surface area contributed by atoms with E-state index in [-0.39, 0.29) is 45.1 Å². The number of carbonyl (C=O) groups is 3. The average molecular weight is 368 g/mol. The Bertz CT molecular complexity index is 366. The van der Waals surface area contributed by atoms with E-state index in [1.807, 2.05) is 13.8 Å². The molecule has 0 aromatic heterocycles. The van der Waals surface area contributed by atoms with Crippen molar-refractivity contribution in [3.63, 3.8) is 0 Å². The van der Waals surface area contributed by atoms with Crippen molar-refractivity contribution in [3.8, 4) is 0 Å². The largest absolute Gasteiger partial charge is 0.368 e. The van der Waals surface area contributed by atoms with Crippen LogP contribution in [0.5, 0.6) is 0 Å². The fourth-order valence-electron chi connectivity index (χ4n) is 2.27. The molecule has 0 rings (SSSR count). The van der Waals surface area contributed by atoms with Gasteiger partial charge in [0.1, 0.15) is 11.8 Å². The molecule has 0 aliphatic rings. The van der Waals surface area contributed by atoms with Gasteiger partial charge >= 0.3 is 0 Å². The molecule has 0 radical (unpaired) electrons. The molecule has 0 aromatic carbocycles. The third-order valence-corrected chi connectivity index (χ3v) is 3.27. The third kappa shape index (κ3) is 13.4. The maximum absolute atomic E-state index is 12.3. The fourth-order valence-corrected chi connectivity index (χ4v) is 2.27. The van der Waals surface area contributed by atoms with E-state index < -0.39 is 17.9 Å². The summed E-state index contributed by atoms with van der Waals surface area (Å²) in [4.78, 5) is 35.0. The van der Waals surface area contributed by atoms with Crippen LogP contribution in [0, 0.1) is 11.8 Å². The molecule has 2 amide bonds. The summed E-state index contributed by atoms with van der Waals surface area (Å²) in [7, 11) is 0. The minimum atomic E-state index is -0.689. The molecular weight excluding hydrogens is 334 g/mol. The first kappa shape index (κ1) is 27.1. The van der Waals surface area contributed by atoms with Crippen LogP contribution in [-0.4, -0.2) is 30.2 Å². The molecule has 0 aromatic rings. The van der Waals surface area contributed by atoms with Crippen molar-refractivity contribution >= 4 is 44.6 Å². The molecule has 0 heterocycles. The van der Waals surface area contributed by atoms with Gasteiger partial charge in [-0.1, -0.05) is 13.8 Å². The SMILES string of the molecule is CC(=O)C[C@@H](CC(C)C)C(=O)N[C@@H](CCCCN)C(N)=O.S.S. The highest BCUT2D eigenvalue weighted by Gasteiger charge is 2.25. The molecule has 0 unspecified atom stereocenters. The molecule has 6 nitrogen and oxygen atoms in total. The average Bonchev–Trinajstić information content (AvgIpc) is 2.35. The van der Waals surface area contributed by atoms with Crippen LogP contribution >= 0.6 is 27.0 Å². The van der Waals surface area contributed by atoms with Gasteiger partial charge in [0, 0.05) is 12.3 Å². The van der Waals surface area contributed by atoms with Crippen LogP contribution in [0.3, 0.4) is 0 Å². The van der Waals surface area contributed by atoms with E-state index >= 15 is 0 Å². The number of ketones is 1. The highest BCUT2D eigenvalue weighted by molar-refractivity contribution is 7.59. The van der Waals surface area contributed by atoms with Gasteiger partial charge < -0.3 is 21.6 Å². The Hall–Kier alpha value is -0.730. The number of nitrogens with one attached hydrogen (secondary N) is 1. The van der Waals surface area contributed by atoms with Crippen molar-refractivity contribution in [2.75, 3.05) is 6.54 Å². The van der Waals surface area contributed by atoms with E-state index in [1.165, 1.54) is 6.92 Å². The van der Waals surface area contributed by atoms with Gasteiger partial charge in [0.2, 0.25) is 11.8 Å². The van der Waals surface area contributed by atoms with E-state index in [0.29, 0.717) is 25.3 Å². The number of amides is 2. The third-order valence-electron chi connectivity index (χ3n) is 3.27. The predicted molar refractivity (Wildman–Crippen MR) is 103 cm³/mol. The molecule has 2 atom stereocenters. The molecule has 23 heavy (non-hydrogen) atoms. The van der Waals surface area contributed by atoms with Gasteiger partial charge in [-0.15, -0.1) is 0 Å². The summed E-state index contributed by atoms with van der Waals surface area (Å²) < 4.78 is 0. The topological polar surface area (TPSA) is 115 Å². The number of hydrogen-bond acceptors (Lipinski definition) is 4. The lowest BCUT2D eigenvalue weighted by Gasteiger charge is -2.21. The Morgan fingerprint density at radius 1 is 1.09 bits per heavy atom. The van der Waals surface area contributed by atoms with Gasteiger partial charge in [-0.05, 0) is 45.1 Å². The number of carbonyl (C=O) groups excluding carboxylic acids is 3. The van der Waals surface area contributed by atoms with Crippen LogP contribution in [0.25, 0.3) is 0 Å². The Labute approximate surface area is 153 Å². The predicted octanol–water partition coefficient (Wildman–Crippen LogP) is 0.952. The molecule has 0 saturated carbocycles. The first-order valence-corrected chi connectivity index (χ1v) is 7.57. The van der Waals surface area contributed by atoms with Crippen molar-refractivity contribution < 1.29 is 14.4 Å². The van der Waals surface area contributed by atoms with E-state index in [2.05, 4.69) is 5.32 Å². The van der Waals surface area contributed by atoms with E-state index in [4.69, 9.17) is 11.5 Å². The normalized spacial score (nSPS) is 12.6. The smallest absolute Gasteiger partial charge is 0.239 e. The maximum Gasteiger partial charge on any atom is 0.239 e. The van der Waals surface area contributed by atoms with Crippen molar-refractivity contribution in [2.45, 2.75) is 58.9 Å². The van der Waals surface area contributed by atoms with Crippen LogP contribution in [0.2, 0.25) is 0 Å². The number of nitrogens with two attached hydrogens (primary N) is 2. The standard InChI is InChI=1S/C15H29N3O3.2H2S/c1-10(2)8-12(9-11(3)19)15(21)18-13(14(17)20)6-4-5-7-16;;/h10,12-13H,4-9,16H2,1-3H3,(H2,17,20)(H,18,21);2*1H2/t12-,13+;;/m1../s1. The monoisotopic (exact) mass is 367 g/mol. The quantitative estimate of drug-likeness (QED) is 0.472. The Kier molecular flexibility index (Phi) is 17.5. The summed E-state index contributed by atoms with van der Waals surface area (Å²) in [6, 6.07) is -0.689. The molecule has 138 valence electrons. The summed E-state index contributed by atoms with van der Waals surface area (Å²) in [5.41, 5.74) is 10.7. The first-order chi connectivity index (χ1) is 9.77. The lowest BCUT2D eigenvalue weighted by molar-refractivity contribution is -0.132. The molecule has 0 spiro atoms. The summed E-state index contributed by atoms with van der Waals surface area (Å²) in [6.45, 7) is 5.99. The van der Waals surface area contributed by atoms with E-state index in [0.717, 1.165) is 12.8 Å². The lowest BCUT2D eigenvalue weighted by Crippen LogP contribution is -2.47. The fraction of sp³-hybridized carbons (Fsp3) is 0.800. The molecule has 0 bridgehead atoms. The first-order valence-electron chi connectivity index (χ1n) is 7.57. The van der Waals surface area contributed by atoms with Crippen molar-refractivity contribution in [3.05, 3.63) is 0 Å². The minimum absolute atomic E-state index is 0. The lowest BCUT2D eigenvalue weighted by atomic mass is 9.91. The highest BCUT2D eigenvalue weighted by atomic mass is 32.1. The Morgan fingerprint density at radius 3 is 2.04 bits per heavy atom. The number of primary amides is 1. The number of hydrogen-bond donors (Lipinski definition) is 3. The molecule has 8 heteroatoms. The van der Waals surface area contributed by atoms with E-state index in [1.54, 1.807) is 0 Å². The second-order valence-electron chi connectivity index (χ2n) is 5.98. The maximum atomic E-state index is 12.3. The second-order valence-corrected chi connectivity index (χ2v) is 5.98. The zero-order valence-electron chi connectivity index (χ0n) is 14.4. The summed E-state index contributed by atoms with van der Waals surface area (Å²) >= 11 is 0.